The van der Waals surface area contributed by atoms with Crippen molar-refractivity contribution in [2.45, 2.75) is 38.1 Å². The van der Waals surface area contributed by atoms with E-state index in [1.165, 1.54) is 25.7 Å². The topological polar surface area (TPSA) is 66.5 Å². The van der Waals surface area contributed by atoms with Crippen LogP contribution in [0.5, 0.6) is 0 Å². The van der Waals surface area contributed by atoms with Gasteiger partial charge in [-0.05, 0) is 37.5 Å². The normalized spacial score (nSPS) is 29.1. The van der Waals surface area contributed by atoms with Crippen LogP contribution in [0.1, 0.15) is 32.1 Å². The Balaban J connectivity index is 1.54. The molecular weight excluding hydrogens is 276 g/mol. The van der Waals surface area contributed by atoms with Gasteiger partial charge in [0.1, 0.15) is 0 Å². The number of nitrogens with zero attached hydrogens (tertiary/aromatic N) is 1. The molecule has 114 valence electrons. The van der Waals surface area contributed by atoms with Gasteiger partial charge in [0.05, 0.1) is 11.5 Å². The fraction of sp³-hybridized carbons (Fsp3) is 0.929. The van der Waals surface area contributed by atoms with Crippen LogP contribution in [-0.2, 0) is 14.6 Å². The predicted molar refractivity (Wildman–Crippen MR) is 77.1 cm³/mol. The summed E-state index contributed by atoms with van der Waals surface area (Å²) < 4.78 is 23.2. The number of rotatable bonds is 6. The van der Waals surface area contributed by atoms with Crippen LogP contribution in [0.3, 0.4) is 0 Å². The molecule has 2 saturated carbocycles. The molecule has 0 spiro atoms. The van der Waals surface area contributed by atoms with Crippen molar-refractivity contribution in [3.8, 4) is 0 Å². The minimum absolute atomic E-state index is 0.111. The first kappa shape index (κ1) is 14.3. The summed E-state index contributed by atoms with van der Waals surface area (Å²) in [7, 11) is -2.96. The molecule has 1 heterocycles. The van der Waals surface area contributed by atoms with E-state index in [-0.39, 0.29) is 23.5 Å². The second-order valence-electron chi connectivity index (χ2n) is 6.66. The summed E-state index contributed by atoms with van der Waals surface area (Å²) in [6.07, 6.45) is 5.29. The third-order valence-corrected chi connectivity index (χ3v) is 6.16. The average Bonchev–Trinajstić information content (AvgIpc) is 3.21. The van der Waals surface area contributed by atoms with Crippen LogP contribution in [-0.4, -0.2) is 56.4 Å². The van der Waals surface area contributed by atoms with Gasteiger partial charge in [-0.25, -0.2) is 8.42 Å². The van der Waals surface area contributed by atoms with E-state index in [0.29, 0.717) is 24.8 Å². The van der Waals surface area contributed by atoms with E-state index >= 15 is 0 Å². The quantitative estimate of drug-likeness (QED) is 0.772. The van der Waals surface area contributed by atoms with Crippen LogP contribution in [0.25, 0.3) is 0 Å². The van der Waals surface area contributed by atoms with Crippen LogP contribution < -0.4 is 5.32 Å². The van der Waals surface area contributed by atoms with Gasteiger partial charge in [-0.2, -0.15) is 0 Å². The van der Waals surface area contributed by atoms with Crippen molar-refractivity contribution in [3.63, 3.8) is 0 Å². The number of hydrogen-bond acceptors (Lipinski definition) is 4. The Kier molecular flexibility index (Phi) is 4.04. The molecule has 0 aromatic heterocycles. The molecule has 6 heteroatoms. The highest BCUT2D eigenvalue weighted by atomic mass is 32.2. The highest BCUT2D eigenvalue weighted by Gasteiger charge is 2.33. The van der Waals surface area contributed by atoms with Crippen LogP contribution in [0, 0.1) is 11.8 Å². The summed E-state index contributed by atoms with van der Waals surface area (Å²) in [5.74, 6) is 1.84. The largest absolute Gasteiger partial charge is 0.342 e. The second kappa shape index (κ2) is 5.64. The molecule has 5 nitrogen and oxygen atoms in total. The Hall–Kier alpha value is -0.620. The minimum Gasteiger partial charge on any atom is -0.342 e. The van der Waals surface area contributed by atoms with Crippen LogP contribution in [0.2, 0.25) is 0 Å². The third kappa shape index (κ3) is 4.19. The lowest BCUT2D eigenvalue weighted by atomic mass is 10.2. The number of hydrogen-bond donors (Lipinski definition) is 1. The fourth-order valence-corrected chi connectivity index (χ4v) is 4.28. The van der Waals surface area contributed by atoms with E-state index in [2.05, 4.69) is 5.32 Å². The smallest absolute Gasteiger partial charge is 0.224 e. The molecule has 3 aliphatic rings. The third-order valence-electron chi connectivity index (χ3n) is 4.43. The molecule has 1 amide bonds. The van der Waals surface area contributed by atoms with Gasteiger partial charge in [-0.1, -0.05) is 0 Å². The van der Waals surface area contributed by atoms with Gasteiger partial charge in [0.15, 0.2) is 9.84 Å². The molecule has 2 aliphatic carbocycles. The predicted octanol–water partition coefficient (Wildman–Crippen LogP) is 0.412. The lowest BCUT2D eigenvalue weighted by Gasteiger charge is -2.28. The molecule has 1 unspecified atom stereocenters. The average molecular weight is 300 g/mol. The zero-order valence-electron chi connectivity index (χ0n) is 11.9. The van der Waals surface area contributed by atoms with Gasteiger partial charge in [-0.3, -0.25) is 4.79 Å². The van der Waals surface area contributed by atoms with Crippen LogP contribution >= 0.6 is 0 Å². The number of carbonyl (C=O) groups excluding carboxylic acids is 1. The van der Waals surface area contributed by atoms with Crippen molar-refractivity contribution in [1.29, 1.82) is 0 Å². The molecule has 20 heavy (non-hydrogen) atoms. The maximum absolute atomic E-state index is 12.4. The van der Waals surface area contributed by atoms with Crippen molar-refractivity contribution in [2.75, 3.05) is 31.1 Å². The van der Waals surface area contributed by atoms with Gasteiger partial charge < -0.3 is 10.2 Å². The first-order chi connectivity index (χ1) is 9.52. The van der Waals surface area contributed by atoms with Gasteiger partial charge in [0, 0.05) is 32.1 Å². The number of nitrogens with one attached hydrogen (secondary N) is 1. The Morgan fingerprint density at radius 2 is 1.70 bits per heavy atom. The summed E-state index contributed by atoms with van der Waals surface area (Å²) in [6.45, 7) is 2.25. The molecule has 0 aromatic rings. The SMILES string of the molecule is O=C(CC1CS(=O)(=O)CCN1)N(CC1CC1)CC1CC1. The molecular formula is C14H24N2O3S. The van der Waals surface area contributed by atoms with E-state index in [4.69, 9.17) is 0 Å². The number of sulfone groups is 1. The second-order valence-corrected chi connectivity index (χ2v) is 8.88. The molecule has 1 aliphatic heterocycles. The summed E-state index contributed by atoms with van der Waals surface area (Å²) in [6, 6.07) is -0.192. The zero-order chi connectivity index (χ0) is 14.2. The van der Waals surface area contributed by atoms with Crippen molar-refractivity contribution < 1.29 is 13.2 Å². The molecule has 1 atom stereocenters. The molecule has 1 saturated heterocycles. The Morgan fingerprint density at radius 3 is 2.20 bits per heavy atom. The molecule has 0 radical (unpaired) electrons. The monoisotopic (exact) mass is 300 g/mol. The van der Waals surface area contributed by atoms with E-state index in [1.54, 1.807) is 0 Å². The Bertz CT molecular complexity index is 455. The molecule has 3 fully saturated rings. The lowest BCUT2D eigenvalue weighted by Crippen LogP contribution is -2.48. The molecule has 0 bridgehead atoms. The molecule has 1 N–H and O–H groups in total. The summed E-state index contributed by atoms with van der Waals surface area (Å²) in [4.78, 5) is 14.4. The van der Waals surface area contributed by atoms with E-state index in [9.17, 15) is 13.2 Å². The first-order valence-corrected chi connectivity index (χ1v) is 9.55. The molecule has 3 rings (SSSR count). The van der Waals surface area contributed by atoms with Crippen molar-refractivity contribution in [1.82, 2.24) is 10.2 Å². The highest BCUT2D eigenvalue weighted by Crippen LogP contribution is 2.34. The number of carbonyl (C=O) groups is 1. The fourth-order valence-electron chi connectivity index (χ4n) is 2.84. The number of amides is 1. The van der Waals surface area contributed by atoms with E-state index in [0.717, 1.165) is 13.1 Å². The van der Waals surface area contributed by atoms with Gasteiger partial charge in [0.25, 0.3) is 0 Å². The molecule has 0 aromatic carbocycles. The van der Waals surface area contributed by atoms with Crippen molar-refractivity contribution >= 4 is 15.7 Å². The Morgan fingerprint density at radius 1 is 1.10 bits per heavy atom. The first-order valence-electron chi connectivity index (χ1n) is 7.73. The summed E-state index contributed by atoms with van der Waals surface area (Å²) in [5, 5.41) is 3.17. The van der Waals surface area contributed by atoms with Crippen molar-refractivity contribution in [2.24, 2.45) is 11.8 Å². The maximum atomic E-state index is 12.4. The Labute approximate surface area is 121 Å². The van der Waals surface area contributed by atoms with Crippen LogP contribution in [0.15, 0.2) is 0 Å². The van der Waals surface area contributed by atoms with Crippen molar-refractivity contribution in [3.05, 3.63) is 0 Å². The van der Waals surface area contributed by atoms with Crippen LogP contribution in [0.4, 0.5) is 0 Å². The van der Waals surface area contributed by atoms with E-state index < -0.39 is 9.84 Å². The standard InChI is InChI=1S/C14H24N2O3S/c17-14(7-13-10-20(18,19)6-5-15-13)16(8-11-1-2-11)9-12-3-4-12/h11-13,15H,1-10H2. The minimum atomic E-state index is -2.96. The summed E-state index contributed by atoms with van der Waals surface area (Å²) >= 11 is 0. The lowest BCUT2D eigenvalue weighted by molar-refractivity contribution is -0.132. The van der Waals surface area contributed by atoms with Gasteiger partial charge in [-0.15, -0.1) is 0 Å². The highest BCUT2D eigenvalue weighted by molar-refractivity contribution is 7.91. The van der Waals surface area contributed by atoms with Gasteiger partial charge >= 0.3 is 0 Å². The summed E-state index contributed by atoms with van der Waals surface area (Å²) in [5.41, 5.74) is 0. The van der Waals surface area contributed by atoms with E-state index in [1.807, 2.05) is 4.90 Å². The zero-order valence-corrected chi connectivity index (χ0v) is 12.7. The maximum Gasteiger partial charge on any atom is 0.224 e. The van der Waals surface area contributed by atoms with Gasteiger partial charge in [0.2, 0.25) is 5.91 Å².